The Hall–Kier alpha value is -2.37. The van der Waals surface area contributed by atoms with Crippen molar-refractivity contribution in [3.8, 4) is 17.2 Å². The molecule has 0 amide bonds. The van der Waals surface area contributed by atoms with Crippen LogP contribution in [-0.2, 0) is 6.54 Å². The number of hydrogen-bond acceptors (Lipinski definition) is 5. The number of anilines is 1. The largest absolute Gasteiger partial charge is 0.496 e. The van der Waals surface area contributed by atoms with Crippen molar-refractivity contribution in [2.75, 3.05) is 26.6 Å². The lowest BCUT2D eigenvalue weighted by Crippen LogP contribution is -2.04. The summed E-state index contributed by atoms with van der Waals surface area (Å²) in [5.41, 5.74) is 3.93. The second-order valence-corrected chi connectivity index (χ2v) is 4.68. The van der Waals surface area contributed by atoms with Crippen molar-refractivity contribution in [1.29, 1.82) is 0 Å². The number of aromatic amines is 1. The van der Waals surface area contributed by atoms with Crippen molar-refractivity contribution < 1.29 is 14.2 Å². The molecule has 114 valence electrons. The molecule has 0 radical (unpaired) electrons. The molecule has 0 unspecified atom stereocenters. The predicted octanol–water partition coefficient (Wildman–Crippen LogP) is 2.66. The van der Waals surface area contributed by atoms with Crippen molar-refractivity contribution in [2.24, 2.45) is 0 Å². The highest BCUT2D eigenvalue weighted by Crippen LogP contribution is 2.35. The molecular formula is C15H21N3O3. The Bertz CT molecular complexity index is 603. The first-order chi connectivity index (χ1) is 10.1. The number of benzene rings is 1. The highest BCUT2D eigenvalue weighted by atomic mass is 16.5. The van der Waals surface area contributed by atoms with Crippen LogP contribution >= 0.6 is 0 Å². The van der Waals surface area contributed by atoms with Crippen LogP contribution in [0.4, 0.5) is 5.69 Å². The van der Waals surface area contributed by atoms with E-state index in [1.165, 1.54) is 0 Å². The van der Waals surface area contributed by atoms with Gasteiger partial charge in [-0.2, -0.15) is 5.10 Å². The Kier molecular flexibility index (Phi) is 4.57. The molecule has 0 saturated carbocycles. The molecule has 1 heterocycles. The molecule has 0 aliphatic rings. The van der Waals surface area contributed by atoms with E-state index in [1.807, 2.05) is 26.0 Å². The summed E-state index contributed by atoms with van der Waals surface area (Å²) in [5.74, 6) is 2.07. The molecule has 6 nitrogen and oxygen atoms in total. The molecule has 21 heavy (non-hydrogen) atoms. The average molecular weight is 291 g/mol. The van der Waals surface area contributed by atoms with Crippen LogP contribution in [-0.4, -0.2) is 31.5 Å². The zero-order valence-corrected chi connectivity index (χ0v) is 13.0. The Morgan fingerprint density at radius 1 is 1.00 bits per heavy atom. The zero-order chi connectivity index (χ0) is 15.4. The monoisotopic (exact) mass is 291 g/mol. The first-order valence-electron chi connectivity index (χ1n) is 6.65. The van der Waals surface area contributed by atoms with Gasteiger partial charge >= 0.3 is 0 Å². The fourth-order valence-electron chi connectivity index (χ4n) is 2.23. The van der Waals surface area contributed by atoms with Crippen LogP contribution in [0.3, 0.4) is 0 Å². The van der Waals surface area contributed by atoms with E-state index in [4.69, 9.17) is 14.2 Å². The van der Waals surface area contributed by atoms with Crippen LogP contribution in [0.25, 0.3) is 0 Å². The molecule has 0 aliphatic carbocycles. The fourth-order valence-corrected chi connectivity index (χ4v) is 2.23. The maximum atomic E-state index is 5.42. The molecule has 6 heteroatoms. The van der Waals surface area contributed by atoms with Gasteiger partial charge in [-0.15, -0.1) is 0 Å². The molecular weight excluding hydrogens is 270 g/mol. The minimum absolute atomic E-state index is 0.602. The molecule has 1 aromatic carbocycles. The highest BCUT2D eigenvalue weighted by Gasteiger charge is 2.13. The number of rotatable bonds is 6. The maximum absolute atomic E-state index is 5.42. The van der Waals surface area contributed by atoms with E-state index in [1.54, 1.807) is 21.3 Å². The van der Waals surface area contributed by atoms with Crippen LogP contribution in [0.15, 0.2) is 12.1 Å². The Labute approximate surface area is 124 Å². The summed E-state index contributed by atoms with van der Waals surface area (Å²) >= 11 is 0. The molecule has 0 atom stereocenters. The zero-order valence-electron chi connectivity index (χ0n) is 13.0. The van der Waals surface area contributed by atoms with Gasteiger partial charge in [0.15, 0.2) is 11.5 Å². The van der Waals surface area contributed by atoms with E-state index < -0.39 is 0 Å². The number of hydrogen-bond donors (Lipinski definition) is 2. The summed E-state index contributed by atoms with van der Waals surface area (Å²) in [7, 11) is 4.86. The second kappa shape index (κ2) is 6.39. The minimum Gasteiger partial charge on any atom is -0.496 e. The summed E-state index contributed by atoms with van der Waals surface area (Å²) in [6, 6.07) is 3.74. The maximum Gasteiger partial charge on any atom is 0.164 e. The quantitative estimate of drug-likeness (QED) is 0.856. The Balaban J connectivity index is 2.26. The van der Waals surface area contributed by atoms with Gasteiger partial charge in [0.25, 0.3) is 0 Å². The van der Waals surface area contributed by atoms with Crippen LogP contribution in [0.2, 0.25) is 0 Å². The highest BCUT2D eigenvalue weighted by molar-refractivity contribution is 5.55. The normalized spacial score (nSPS) is 10.3. The molecule has 2 aromatic rings. The van der Waals surface area contributed by atoms with Gasteiger partial charge in [-0.05, 0) is 19.9 Å². The average Bonchev–Trinajstić information content (AvgIpc) is 2.83. The fraction of sp³-hybridized carbons (Fsp3) is 0.400. The summed E-state index contributed by atoms with van der Waals surface area (Å²) in [6.45, 7) is 4.54. The molecule has 0 saturated heterocycles. The van der Waals surface area contributed by atoms with Crippen LogP contribution in [0.1, 0.15) is 17.0 Å². The standard InChI is InChI=1S/C15H21N3O3/c1-9-15(10(2)18-17-9)16-8-11-6-13(20-4)14(21-5)7-12(11)19-3/h6-7,16H,8H2,1-5H3,(H,17,18). The minimum atomic E-state index is 0.602. The number of methoxy groups -OCH3 is 3. The van der Waals surface area contributed by atoms with Crippen molar-refractivity contribution in [3.05, 3.63) is 29.1 Å². The first-order valence-corrected chi connectivity index (χ1v) is 6.65. The summed E-state index contributed by atoms with van der Waals surface area (Å²) in [4.78, 5) is 0. The van der Waals surface area contributed by atoms with Crippen LogP contribution in [0.5, 0.6) is 17.2 Å². The third-order valence-electron chi connectivity index (χ3n) is 3.37. The van der Waals surface area contributed by atoms with Gasteiger partial charge in [-0.1, -0.05) is 0 Å². The Morgan fingerprint density at radius 3 is 2.14 bits per heavy atom. The van der Waals surface area contributed by atoms with Crippen LogP contribution in [0, 0.1) is 13.8 Å². The molecule has 0 aliphatic heterocycles. The number of aromatic nitrogens is 2. The van der Waals surface area contributed by atoms with Gasteiger partial charge in [0, 0.05) is 18.2 Å². The lowest BCUT2D eigenvalue weighted by atomic mass is 10.1. The lowest BCUT2D eigenvalue weighted by molar-refractivity contribution is 0.347. The number of ether oxygens (including phenoxy) is 3. The lowest BCUT2D eigenvalue weighted by Gasteiger charge is -2.15. The molecule has 0 bridgehead atoms. The molecule has 1 aromatic heterocycles. The van der Waals surface area contributed by atoms with E-state index in [-0.39, 0.29) is 0 Å². The van der Waals surface area contributed by atoms with E-state index in [0.29, 0.717) is 18.0 Å². The smallest absolute Gasteiger partial charge is 0.164 e. The number of H-pyrrole nitrogens is 1. The van der Waals surface area contributed by atoms with Crippen molar-refractivity contribution in [3.63, 3.8) is 0 Å². The topological polar surface area (TPSA) is 68.4 Å². The molecule has 0 spiro atoms. The summed E-state index contributed by atoms with van der Waals surface area (Å²) < 4.78 is 16.0. The van der Waals surface area contributed by atoms with Crippen molar-refractivity contribution >= 4 is 5.69 Å². The third kappa shape index (κ3) is 3.04. The van der Waals surface area contributed by atoms with Gasteiger partial charge in [-0.3, -0.25) is 5.10 Å². The number of nitrogens with one attached hydrogen (secondary N) is 2. The number of nitrogens with zero attached hydrogens (tertiary/aromatic N) is 1. The van der Waals surface area contributed by atoms with Gasteiger partial charge in [0.2, 0.25) is 0 Å². The van der Waals surface area contributed by atoms with Crippen LogP contribution < -0.4 is 19.5 Å². The predicted molar refractivity (Wildman–Crippen MR) is 81.5 cm³/mol. The molecule has 2 N–H and O–H groups in total. The van der Waals surface area contributed by atoms with Gasteiger partial charge in [-0.25, -0.2) is 0 Å². The van der Waals surface area contributed by atoms with Crippen molar-refractivity contribution in [1.82, 2.24) is 10.2 Å². The van der Waals surface area contributed by atoms with Gasteiger partial charge in [0.05, 0.1) is 38.4 Å². The molecule has 2 rings (SSSR count). The van der Waals surface area contributed by atoms with Crippen molar-refractivity contribution in [2.45, 2.75) is 20.4 Å². The van der Waals surface area contributed by atoms with Gasteiger partial charge < -0.3 is 19.5 Å². The van der Waals surface area contributed by atoms with E-state index in [2.05, 4.69) is 15.5 Å². The Morgan fingerprint density at radius 2 is 1.62 bits per heavy atom. The third-order valence-corrected chi connectivity index (χ3v) is 3.37. The van der Waals surface area contributed by atoms with E-state index >= 15 is 0 Å². The second-order valence-electron chi connectivity index (χ2n) is 4.68. The summed E-state index contributed by atoms with van der Waals surface area (Å²) in [5, 5.41) is 10.5. The van der Waals surface area contributed by atoms with Gasteiger partial charge in [0.1, 0.15) is 5.75 Å². The first kappa shape index (κ1) is 15.0. The SMILES string of the molecule is COc1cc(OC)c(OC)cc1CNc1c(C)n[nH]c1C. The molecule has 0 fully saturated rings. The summed E-state index contributed by atoms with van der Waals surface area (Å²) in [6.07, 6.45) is 0. The van der Waals surface area contributed by atoms with E-state index in [0.717, 1.165) is 28.4 Å². The van der Waals surface area contributed by atoms with E-state index in [9.17, 15) is 0 Å². The number of aryl methyl sites for hydroxylation is 2.